The molecule has 5 nitrogen and oxygen atoms in total. The van der Waals surface area contributed by atoms with Crippen LogP contribution in [0.5, 0.6) is 0 Å². The van der Waals surface area contributed by atoms with Crippen LogP contribution in [0.2, 0.25) is 0 Å². The minimum atomic E-state index is -0.836. The van der Waals surface area contributed by atoms with E-state index in [4.69, 9.17) is 10.8 Å². The number of carboxylic acid groups (broad SMARTS) is 1. The minimum absolute atomic E-state index is 0.177. The van der Waals surface area contributed by atoms with Gasteiger partial charge in [-0.25, -0.2) is 0 Å². The lowest BCUT2D eigenvalue weighted by Gasteiger charge is -2.32. The predicted octanol–water partition coefficient (Wildman–Crippen LogP) is 1.07. The molecule has 18 heavy (non-hydrogen) atoms. The molecule has 0 bridgehead atoms. The lowest BCUT2D eigenvalue weighted by molar-refractivity contribution is -0.146. The molecule has 6 heteroatoms. The van der Waals surface area contributed by atoms with Gasteiger partial charge in [0.1, 0.15) is 6.04 Å². The highest BCUT2D eigenvalue weighted by Gasteiger charge is 2.31. The van der Waals surface area contributed by atoms with Crippen molar-refractivity contribution in [2.75, 3.05) is 13.1 Å². The second-order valence-corrected chi connectivity index (χ2v) is 5.43. The molecule has 2 heterocycles. The molecule has 1 unspecified atom stereocenters. The predicted molar refractivity (Wildman–Crippen MR) is 68.2 cm³/mol. The molecule has 0 saturated carbocycles. The number of likely N-dealkylation sites (tertiary alicyclic amines) is 1. The number of aliphatic carboxylic acids is 1. The topological polar surface area (TPSA) is 83.6 Å². The average Bonchev–Trinajstić information content (AvgIpc) is 2.91. The van der Waals surface area contributed by atoms with Crippen molar-refractivity contribution < 1.29 is 14.7 Å². The van der Waals surface area contributed by atoms with Gasteiger partial charge in [0.15, 0.2) is 0 Å². The molecule has 2 atom stereocenters. The van der Waals surface area contributed by atoms with E-state index in [2.05, 4.69) is 0 Å². The van der Waals surface area contributed by atoms with E-state index in [9.17, 15) is 9.59 Å². The molecule has 1 aromatic heterocycles. The molecule has 1 aromatic rings. The largest absolute Gasteiger partial charge is 0.481 e. The molecule has 0 aromatic carbocycles. The van der Waals surface area contributed by atoms with E-state index in [1.165, 1.54) is 11.3 Å². The molecule has 3 N–H and O–H groups in total. The van der Waals surface area contributed by atoms with E-state index in [1.807, 2.05) is 17.5 Å². The first-order valence-corrected chi connectivity index (χ1v) is 6.78. The monoisotopic (exact) mass is 268 g/mol. The SMILES string of the molecule is NC(C(=O)N1CCC[C@H](C(=O)O)C1)c1cccs1. The highest BCUT2D eigenvalue weighted by molar-refractivity contribution is 7.10. The van der Waals surface area contributed by atoms with Crippen molar-refractivity contribution in [3.8, 4) is 0 Å². The third-order valence-corrected chi connectivity index (χ3v) is 4.15. The van der Waals surface area contributed by atoms with Crippen molar-refractivity contribution >= 4 is 23.2 Å². The maximum absolute atomic E-state index is 12.2. The van der Waals surface area contributed by atoms with Crippen LogP contribution >= 0.6 is 11.3 Å². The Morgan fingerprint density at radius 1 is 1.56 bits per heavy atom. The number of piperidine rings is 1. The molecule has 2 rings (SSSR count). The number of amides is 1. The molecule has 1 aliphatic heterocycles. The Labute approximate surface area is 109 Å². The van der Waals surface area contributed by atoms with Gasteiger partial charge in [0.05, 0.1) is 5.92 Å². The fraction of sp³-hybridized carbons (Fsp3) is 0.500. The molecule has 1 saturated heterocycles. The maximum Gasteiger partial charge on any atom is 0.308 e. The summed E-state index contributed by atoms with van der Waals surface area (Å²) in [4.78, 5) is 25.5. The van der Waals surface area contributed by atoms with Gasteiger partial charge >= 0.3 is 5.97 Å². The lowest BCUT2D eigenvalue weighted by Crippen LogP contribution is -2.45. The molecule has 98 valence electrons. The van der Waals surface area contributed by atoms with Crippen molar-refractivity contribution in [1.29, 1.82) is 0 Å². The molecule has 0 aliphatic carbocycles. The van der Waals surface area contributed by atoms with Gasteiger partial charge in [-0.2, -0.15) is 0 Å². The van der Waals surface area contributed by atoms with Gasteiger partial charge in [0.25, 0.3) is 0 Å². The third kappa shape index (κ3) is 2.70. The average molecular weight is 268 g/mol. The Kier molecular flexibility index (Phi) is 3.98. The van der Waals surface area contributed by atoms with Gasteiger partial charge in [-0.1, -0.05) is 6.07 Å². The van der Waals surface area contributed by atoms with Crippen molar-refractivity contribution in [3.05, 3.63) is 22.4 Å². The Balaban J connectivity index is 2.02. The molecule has 1 aliphatic rings. The normalized spacial score (nSPS) is 21.6. The third-order valence-electron chi connectivity index (χ3n) is 3.20. The van der Waals surface area contributed by atoms with E-state index < -0.39 is 17.9 Å². The number of carbonyl (C=O) groups is 2. The summed E-state index contributed by atoms with van der Waals surface area (Å²) in [5.74, 6) is -1.47. The van der Waals surface area contributed by atoms with Crippen LogP contribution in [-0.2, 0) is 9.59 Å². The lowest BCUT2D eigenvalue weighted by atomic mass is 9.97. The van der Waals surface area contributed by atoms with Crippen molar-refractivity contribution in [2.45, 2.75) is 18.9 Å². The van der Waals surface area contributed by atoms with Crippen LogP contribution in [-0.4, -0.2) is 35.0 Å². The second-order valence-electron chi connectivity index (χ2n) is 4.45. The molecule has 0 spiro atoms. The quantitative estimate of drug-likeness (QED) is 0.859. The van der Waals surface area contributed by atoms with Gasteiger partial charge in [-0.3, -0.25) is 9.59 Å². The number of carboxylic acids is 1. The van der Waals surface area contributed by atoms with Crippen molar-refractivity contribution in [1.82, 2.24) is 4.90 Å². The first-order chi connectivity index (χ1) is 8.59. The van der Waals surface area contributed by atoms with Gasteiger partial charge in [0.2, 0.25) is 5.91 Å². The summed E-state index contributed by atoms with van der Waals surface area (Å²) in [6, 6.07) is 3.01. The van der Waals surface area contributed by atoms with Gasteiger partial charge in [0, 0.05) is 18.0 Å². The van der Waals surface area contributed by atoms with E-state index in [0.717, 1.165) is 11.3 Å². The van der Waals surface area contributed by atoms with Gasteiger partial charge < -0.3 is 15.7 Å². The molecule has 0 radical (unpaired) electrons. The van der Waals surface area contributed by atoms with E-state index >= 15 is 0 Å². The van der Waals surface area contributed by atoms with Gasteiger partial charge in [-0.15, -0.1) is 11.3 Å². The van der Waals surface area contributed by atoms with Crippen LogP contribution in [0.25, 0.3) is 0 Å². The first kappa shape index (κ1) is 13.0. The Morgan fingerprint density at radius 2 is 2.33 bits per heavy atom. The number of thiophene rings is 1. The fourth-order valence-electron chi connectivity index (χ4n) is 2.17. The Hall–Kier alpha value is -1.40. The zero-order valence-corrected chi connectivity index (χ0v) is 10.7. The highest BCUT2D eigenvalue weighted by atomic mass is 32.1. The standard InChI is InChI=1S/C12H16N2O3S/c13-10(9-4-2-6-18-9)11(15)14-5-1-3-8(7-14)12(16)17/h2,4,6,8,10H,1,3,5,7,13H2,(H,16,17)/t8-,10?/m0/s1. The number of nitrogens with two attached hydrogens (primary N) is 1. The summed E-state index contributed by atoms with van der Waals surface area (Å²) >= 11 is 1.44. The first-order valence-electron chi connectivity index (χ1n) is 5.90. The van der Waals surface area contributed by atoms with Crippen LogP contribution in [0.15, 0.2) is 17.5 Å². The summed E-state index contributed by atoms with van der Waals surface area (Å²) in [5, 5.41) is 10.9. The fourth-order valence-corrected chi connectivity index (χ4v) is 2.88. The molecule has 1 fully saturated rings. The number of hydrogen-bond donors (Lipinski definition) is 2. The zero-order chi connectivity index (χ0) is 13.1. The smallest absolute Gasteiger partial charge is 0.308 e. The van der Waals surface area contributed by atoms with Crippen LogP contribution in [0.3, 0.4) is 0 Å². The summed E-state index contributed by atoms with van der Waals surface area (Å²) in [6.45, 7) is 0.870. The van der Waals surface area contributed by atoms with Gasteiger partial charge in [-0.05, 0) is 24.3 Å². The molecular weight excluding hydrogens is 252 g/mol. The molecular formula is C12H16N2O3S. The zero-order valence-electron chi connectivity index (χ0n) is 9.91. The summed E-state index contributed by atoms with van der Waals surface area (Å²) in [5.41, 5.74) is 5.91. The van der Waals surface area contributed by atoms with E-state index in [1.54, 1.807) is 4.90 Å². The minimum Gasteiger partial charge on any atom is -0.481 e. The number of hydrogen-bond acceptors (Lipinski definition) is 4. The molecule has 1 amide bonds. The number of carbonyl (C=O) groups excluding carboxylic acids is 1. The van der Waals surface area contributed by atoms with E-state index in [-0.39, 0.29) is 12.5 Å². The van der Waals surface area contributed by atoms with Crippen molar-refractivity contribution in [2.24, 2.45) is 11.7 Å². The Morgan fingerprint density at radius 3 is 2.94 bits per heavy atom. The second kappa shape index (κ2) is 5.49. The number of nitrogens with zero attached hydrogens (tertiary/aromatic N) is 1. The van der Waals surface area contributed by atoms with Crippen LogP contribution in [0.4, 0.5) is 0 Å². The Bertz CT molecular complexity index is 433. The van der Waals surface area contributed by atoms with E-state index in [0.29, 0.717) is 13.0 Å². The van der Waals surface area contributed by atoms with Crippen LogP contribution in [0.1, 0.15) is 23.8 Å². The van der Waals surface area contributed by atoms with Crippen LogP contribution < -0.4 is 5.73 Å². The summed E-state index contributed by atoms with van der Waals surface area (Å²) < 4.78 is 0. The summed E-state index contributed by atoms with van der Waals surface area (Å²) in [7, 11) is 0. The van der Waals surface area contributed by atoms with Crippen LogP contribution in [0, 0.1) is 5.92 Å². The summed E-state index contributed by atoms with van der Waals surface area (Å²) in [6.07, 6.45) is 1.35. The maximum atomic E-state index is 12.2. The number of rotatable bonds is 3. The van der Waals surface area contributed by atoms with Crippen molar-refractivity contribution in [3.63, 3.8) is 0 Å². The highest BCUT2D eigenvalue weighted by Crippen LogP contribution is 2.23.